The van der Waals surface area contributed by atoms with Gasteiger partial charge in [0, 0.05) is 29.1 Å². The number of nitrogens with zero attached hydrogens (tertiary/aromatic N) is 2. The molecule has 0 amide bonds. The lowest BCUT2D eigenvalue weighted by Crippen LogP contribution is -2.19. The molecule has 4 nitrogen and oxygen atoms in total. The Morgan fingerprint density at radius 3 is 3.14 bits per heavy atom. The molecule has 4 heteroatoms. The van der Waals surface area contributed by atoms with E-state index >= 15 is 0 Å². The number of benzene rings is 1. The largest absolute Gasteiger partial charge is 0.494 e. The lowest BCUT2D eigenvalue weighted by Gasteiger charge is -2.21. The molecule has 0 radical (unpaired) electrons. The molecule has 21 heavy (non-hydrogen) atoms. The van der Waals surface area contributed by atoms with Crippen molar-refractivity contribution < 1.29 is 4.74 Å². The Balaban J connectivity index is 1.90. The summed E-state index contributed by atoms with van der Waals surface area (Å²) in [6.07, 6.45) is 6.00. The van der Waals surface area contributed by atoms with E-state index in [9.17, 15) is 0 Å². The summed E-state index contributed by atoms with van der Waals surface area (Å²) in [5.74, 6) is 1.62. The fourth-order valence-electron chi connectivity index (χ4n) is 2.67. The minimum absolute atomic E-state index is 0.0852. The van der Waals surface area contributed by atoms with Crippen molar-refractivity contribution in [3.63, 3.8) is 0 Å². The molecule has 0 spiro atoms. The summed E-state index contributed by atoms with van der Waals surface area (Å²) in [6.45, 7) is 2.82. The third kappa shape index (κ3) is 3.05. The number of hydrogen-bond donors (Lipinski definition) is 1. The molecule has 2 N–H and O–H groups in total. The fourth-order valence-corrected chi connectivity index (χ4v) is 2.67. The van der Waals surface area contributed by atoms with Crippen molar-refractivity contribution in [2.24, 2.45) is 5.73 Å². The Morgan fingerprint density at radius 1 is 1.38 bits per heavy atom. The molecule has 2 aromatic rings. The molecule has 110 valence electrons. The van der Waals surface area contributed by atoms with E-state index in [0.29, 0.717) is 0 Å². The minimum Gasteiger partial charge on any atom is -0.494 e. The quantitative estimate of drug-likeness (QED) is 0.935. The zero-order valence-corrected chi connectivity index (χ0v) is 12.4. The van der Waals surface area contributed by atoms with Crippen LogP contribution in [0.4, 0.5) is 0 Å². The van der Waals surface area contributed by atoms with E-state index in [1.807, 2.05) is 30.5 Å². The molecule has 0 aliphatic heterocycles. The van der Waals surface area contributed by atoms with E-state index in [2.05, 4.69) is 11.9 Å². The first kappa shape index (κ1) is 14.0. The van der Waals surface area contributed by atoms with Gasteiger partial charge < -0.3 is 10.5 Å². The highest BCUT2D eigenvalue weighted by Crippen LogP contribution is 2.28. The van der Waals surface area contributed by atoms with Crippen LogP contribution in [0.1, 0.15) is 43.5 Å². The van der Waals surface area contributed by atoms with Crippen LogP contribution >= 0.6 is 0 Å². The maximum atomic E-state index is 6.11. The zero-order chi connectivity index (χ0) is 14.7. The number of rotatable bonds is 4. The molecular weight excluding hydrogens is 262 g/mol. The summed E-state index contributed by atoms with van der Waals surface area (Å²) in [6, 6.07) is 8.05. The lowest BCUT2D eigenvalue weighted by molar-refractivity contribution is 0.317. The van der Waals surface area contributed by atoms with Gasteiger partial charge in [-0.1, -0.05) is 19.1 Å². The number of fused-ring (bicyclic) bond motifs is 1. The van der Waals surface area contributed by atoms with Crippen molar-refractivity contribution in [2.45, 2.75) is 38.6 Å². The molecule has 0 saturated heterocycles. The van der Waals surface area contributed by atoms with Gasteiger partial charge in [-0.15, -0.1) is 0 Å². The van der Waals surface area contributed by atoms with Gasteiger partial charge in [0.1, 0.15) is 5.75 Å². The van der Waals surface area contributed by atoms with Crippen molar-refractivity contribution in [1.82, 2.24) is 9.97 Å². The van der Waals surface area contributed by atoms with Gasteiger partial charge in [-0.25, -0.2) is 9.97 Å². The smallest absolute Gasteiger partial charge is 0.159 e. The topological polar surface area (TPSA) is 61.0 Å². The van der Waals surface area contributed by atoms with Crippen molar-refractivity contribution >= 4 is 0 Å². The molecule has 1 aromatic carbocycles. The lowest BCUT2D eigenvalue weighted by atomic mass is 9.93. The number of nitrogens with two attached hydrogens (primary N) is 1. The maximum absolute atomic E-state index is 6.11. The van der Waals surface area contributed by atoms with E-state index in [-0.39, 0.29) is 6.04 Å². The predicted molar refractivity (Wildman–Crippen MR) is 83.1 cm³/mol. The van der Waals surface area contributed by atoms with Crippen molar-refractivity contribution in [2.75, 3.05) is 6.61 Å². The van der Waals surface area contributed by atoms with Crippen molar-refractivity contribution in [3.05, 3.63) is 41.7 Å². The third-order valence-electron chi connectivity index (χ3n) is 3.79. The van der Waals surface area contributed by atoms with Crippen LogP contribution < -0.4 is 10.5 Å². The fraction of sp³-hybridized carbons (Fsp3) is 0.412. The Morgan fingerprint density at radius 2 is 2.29 bits per heavy atom. The Kier molecular flexibility index (Phi) is 4.15. The molecule has 1 unspecified atom stereocenters. The van der Waals surface area contributed by atoms with E-state index in [4.69, 9.17) is 15.5 Å². The number of hydrogen-bond acceptors (Lipinski definition) is 4. The second-order valence-corrected chi connectivity index (χ2v) is 5.47. The standard InChI is InChI=1S/C17H21N3O/c1-2-9-21-13-6-3-5-12(10-13)17-19-11-14-15(18)7-4-8-16(14)20-17/h3,5-6,10-11,15H,2,4,7-9,18H2,1H3. The third-order valence-corrected chi connectivity index (χ3v) is 3.79. The van der Waals surface area contributed by atoms with Gasteiger partial charge >= 0.3 is 0 Å². The predicted octanol–water partition coefficient (Wildman–Crippen LogP) is 3.27. The summed E-state index contributed by atoms with van der Waals surface area (Å²) in [7, 11) is 0. The molecule has 0 saturated carbocycles. The van der Waals surface area contributed by atoms with Crippen LogP contribution in [0.25, 0.3) is 11.4 Å². The molecule has 1 heterocycles. The highest BCUT2D eigenvalue weighted by atomic mass is 16.5. The summed E-state index contributed by atoms with van der Waals surface area (Å²) in [5.41, 5.74) is 9.30. The van der Waals surface area contributed by atoms with Crippen LogP contribution in [-0.2, 0) is 6.42 Å². The van der Waals surface area contributed by atoms with Crippen molar-refractivity contribution in [3.8, 4) is 17.1 Å². The highest BCUT2D eigenvalue weighted by Gasteiger charge is 2.19. The number of ether oxygens (including phenoxy) is 1. The molecule has 0 bridgehead atoms. The molecule has 1 atom stereocenters. The van der Waals surface area contributed by atoms with Crippen LogP contribution in [0.5, 0.6) is 5.75 Å². The summed E-state index contributed by atoms with van der Waals surface area (Å²) in [5, 5.41) is 0. The van der Waals surface area contributed by atoms with Gasteiger partial charge in [0.2, 0.25) is 0 Å². The van der Waals surface area contributed by atoms with Crippen LogP contribution in [0.3, 0.4) is 0 Å². The zero-order valence-electron chi connectivity index (χ0n) is 12.4. The van der Waals surface area contributed by atoms with Gasteiger partial charge in [-0.3, -0.25) is 0 Å². The van der Waals surface area contributed by atoms with Crippen LogP contribution in [0, 0.1) is 0 Å². The Labute approximate surface area is 125 Å². The Hall–Kier alpha value is -1.94. The molecule has 0 fully saturated rings. The molecule has 1 aliphatic carbocycles. The average molecular weight is 283 g/mol. The monoisotopic (exact) mass is 283 g/mol. The second-order valence-electron chi connectivity index (χ2n) is 5.47. The maximum Gasteiger partial charge on any atom is 0.159 e. The van der Waals surface area contributed by atoms with Gasteiger partial charge in [0.05, 0.1) is 6.61 Å². The number of aryl methyl sites for hydroxylation is 1. The molecular formula is C17H21N3O. The Bertz CT molecular complexity index is 627. The van der Waals surface area contributed by atoms with E-state index in [1.54, 1.807) is 0 Å². The molecule has 1 aliphatic rings. The summed E-state index contributed by atoms with van der Waals surface area (Å²) >= 11 is 0. The molecule has 1 aromatic heterocycles. The second kappa shape index (κ2) is 6.22. The van der Waals surface area contributed by atoms with E-state index in [1.165, 1.54) is 0 Å². The summed E-state index contributed by atoms with van der Waals surface area (Å²) < 4.78 is 5.67. The van der Waals surface area contributed by atoms with E-state index in [0.717, 1.165) is 60.7 Å². The van der Waals surface area contributed by atoms with Gasteiger partial charge in [-0.05, 0) is 37.8 Å². The normalized spacial score (nSPS) is 17.3. The van der Waals surface area contributed by atoms with Crippen molar-refractivity contribution in [1.29, 1.82) is 0 Å². The average Bonchev–Trinajstić information content (AvgIpc) is 2.53. The van der Waals surface area contributed by atoms with Gasteiger partial charge in [0.15, 0.2) is 5.82 Å². The van der Waals surface area contributed by atoms with E-state index < -0.39 is 0 Å². The van der Waals surface area contributed by atoms with Crippen LogP contribution in [0.2, 0.25) is 0 Å². The summed E-state index contributed by atoms with van der Waals surface area (Å²) in [4.78, 5) is 9.20. The first-order chi connectivity index (χ1) is 10.3. The highest BCUT2D eigenvalue weighted by molar-refractivity contribution is 5.57. The van der Waals surface area contributed by atoms with Crippen LogP contribution in [0.15, 0.2) is 30.5 Å². The first-order valence-corrected chi connectivity index (χ1v) is 7.62. The minimum atomic E-state index is 0.0852. The van der Waals surface area contributed by atoms with Gasteiger partial charge in [0.25, 0.3) is 0 Å². The van der Waals surface area contributed by atoms with Gasteiger partial charge in [-0.2, -0.15) is 0 Å². The molecule has 3 rings (SSSR count). The number of aromatic nitrogens is 2. The SMILES string of the molecule is CCCOc1cccc(-c2ncc3c(n2)CCCC3N)c1. The van der Waals surface area contributed by atoms with Crippen LogP contribution in [-0.4, -0.2) is 16.6 Å². The first-order valence-electron chi connectivity index (χ1n) is 7.62.